The van der Waals surface area contributed by atoms with Crippen molar-refractivity contribution in [2.45, 2.75) is 68.2 Å². The van der Waals surface area contributed by atoms with Gasteiger partial charge in [-0.15, -0.1) is 11.8 Å². The van der Waals surface area contributed by atoms with Crippen LogP contribution in [0.15, 0.2) is 54.6 Å². The van der Waals surface area contributed by atoms with Gasteiger partial charge in [0, 0.05) is 29.9 Å². The zero-order valence-electron chi connectivity index (χ0n) is 23.0. The predicted octanol–water partition coefficient (Wildman–Crippen LogP) is 3.41. The summed E-state index contributed by atoms with van der Waals surface area (Å²) in [6.07, 6.45) is 9.00. The van der Waals surface area contributed by atoms with Crippen molar-refractivity contribution in [3.8, 4) is 0 Å². The molecule has 0 radical (unpaired) electrons. The number of carbonyl (C=O) groups is 3. The van der Waals surface area contributed by atoms with Gasteiger partial charge in [-0.05, 0) is 39.7 Å². The lowest BCUT2D eigenvalue weighted by atomic mass is 9.74. The summed E-state index contributed by atoms with van der Waals surface area (Å²) in [5.41, 5.74) is 0.306. The molecule has 2 fully saturated rings. The number of rotatable bonds is 5. The molecule has 1 unspecified atom stereocenters. The summed E-state index contributed by atoms with van der Waals surface area (Å²) in [5, 5.41) is 10.7. The smallest absolute Gasteiger partial charge is 0.247 e. The Labute approximate surface area is 229 Å². The Bertz CT molecular complexity index is 1180. The van der Waals surface area contributed by atoms with Crippen molar-refractivity contribution in [1.29, 1.82) is 0 Å². The van der Waals surface area contributed by atoms with Crippen LogP contribution in [0.1, 0.15) is 52.6 Å². The highest BCUT2D eigenvalue weighted by Crippen LogP contribution is 2.66. The van der Waals surface area contributed by atoms with Gasteiger partial charge in [0.05, 0.1) is 29.2 Å². The Morgan fingerprint density at radius 2 is 1.68 bits per heavy atom. The quantitative estimate of drug-likeness (QED) is 0.583. The number of aliphatic hydroxyl groups is 1. The molecule has 204 valence electrons. The monoisotopic (exact) mass is 537 g/mol. The minimum Gasteiger partial charge on any atom is -0.394 e. The van der Waals surface area contributed by atoms with Gasteiger partial charge in [0.25, 0.3) is 0 Å². The summed E-state index contributed by atoms with van der Waals surface area (Å²) in [7, 11) is 0. The SMILES string of the molecule is CCCN1CC=C[C@@]2(C)S[C@]34C=CCN(C(C)(C)C)C(=O)C3N([C@H](CO)c3ccccc3)C(=O)[C@@H]4[C@H]2C1=O. The molecular weight excluding hydrogens is 498 g/mol. The summed E-state index contributed by atoms with van der Waals surface area (Å²) in [6.45, 7) is 11.3. The largest absolute Gasteiger partial charge is 0.394 e. The summed E-state index contributed by atoms with van der Waals surface area (Å²) < 4.78 is -1.56. The first kappa shape index (κ1) is 27.0. The normalized spacial score (nSPS) is 33.7. The molecule has 0 aliphatic carbocycles. The van der Waals surface area contributed by atoms with E-state index in [1.54, 1.807) is 16.7 Å². The highest BCUT2D eigenvalue weighted by atomic mass is 32.2. The second-order valence-electron chi connectivity index (χ2n) is 12.1. The van der Waals surface area contributed by atoms with Crippen molar-refractivity contribution in [2.24, 2.45) is 11.8 Å². The fraction of sp³-hybridized carbons (Fsp3) is 0.567. The maximum absolute atomic E-state index is 14.7. The van der Waals surface area contributed by atoms with Gasteiger partial charge in [-0.1, -0.05) is 61.6 Å². The van der Waals surface area contributed by atoms with E-state index in [0.717, 1.165) is 12.0 Å². The number of hydrogen-bond acceptors (Lipinski definition) is 5. The summed E-state index contributed by atoms with van der Waals surface area (Å²) in [5.74, 6) is -1.71. The molecule has 4 heterocycles. The number of aliphatic hydroxyl groups excluding tert-OH is 1. The lowest BCUT2D eigenvalue weighted by molar-refractivity contribution is -0.149. The molecule has 0 aromatic heterocycles. The number of amides is 3. The fourth-order valence-electron chi connectivity index (χ4n) is 6.95. The average Bonchev–Trinajstić information content (AvgIpc) is 3.13. The van der Waals surface area contributed by atoms with Gasteiger partial charge in [0.15, 0.2) is 0 Å². The van der Waals surface area contributed by atoms with Crippen LogP contribution >= 0.6 is 11.8 Å². The molecule has 0 saturated carbocycles. The molecule has 38 heavy (non-hydrogen) atoms. The molecular formula is C30H39N3O4S. The highest BCUT2D eigenvalue weighted by Gasteiger charge is 2.74. The summed E-state index contributed by atoms with van der Waals surface area (Å²) in [6, 6.07) is 7.87. The van der Waals surface area contributed by atoms with Crippen LogP contribution in [0.5, 0.6) is 0 Å². The van der Waals surface area contributed by atoms with Crippen LogP contribution in [0.4, 0.5) is 0 Å². The van der Waals surface area contributed by atoms with Crippen LogP contribution in [-0.2, 0) is 14.4 Å². The first-order valence-electron chi connectivity index (χ1n) is 13.6. The number of likely N-dealkylation sites (tertiary alicyclic amines) is 1. The van der Waals surface area contributed by atoms with Gasteiger partial charge >= 0.3 is 0 Å². The molecule has 1 aromatic carbocycles. The van der Waals surface area contributed by atoms with Crippen LogP contribution in [0.3, 0.4) is 0 Å². The Kier molecular flexibility index (Phi) is 6.79. The maximum atomic E-state index is 14.7. The Morgan fingerprint density at radius 1 is 1.00 bits per heavy atom. The maximum Gasteiger partial charge on any atom is 0.247 e. The molecule has 8 heteroatoms. The third-order valence-corrected chi connectivity index (χ3v) is 10.4. The Balaban J connectivity index is 1.71. The van der Waals surface area contributed by atoms with E-state index in [-0.39, 0.29) is 24.3 Å². The van der Waals surface area contributed by atoms with E-state index in [9.17, 15) is 19.5 Å². The first-order chi connectivity index (χ1) is 18.0. The minimum absolute atomic E-state index is 0.0271. The summed E-state index contributed by atoms with van der Waals surface area (Å²) in [4.78, 5) is 48.6. The molecule has 2 saturated heterocycles. The van der Waals surface area contributed by atoms with E-state index in [2.05, 4.69) is 6.08 Å². The van der Waals surface area contributed by atoms with E-state index >= 15 is 0 Å². The molecule has 7 nitrogen and oxygen atoms in total. The molecule has 4 aliphatic rings. The number of benzene rings is 1. The minimum atomic E-state index is -0.926. The van der Waals surface area contributed by atoms with Gasteiger partial charge in [0.1, 0.15) is 6.04 Å². The number of nitrogens with zero attached hydrogens (tertiary/aromatic N) is 3. The van der Waals surface area contributed by atoms with Gasteiger partial charge in [-0.2, -0.15) is 0 Å². The van der Waals surface area contributed by atoms with Crippen LogP contribution in [0.2, 0.25) is 0 Å². The van der Waals surface area contributed by atoms with E-state index in [1.165, 1.54) is 0 Å². The van der Waals surface area contributed by atoms with Gasteiger partial charge in [0.2, 0.25) is 17.7 Å². The lowest BCUT2D eigenvalue weighted by Gasteiger charge is -2.42. The third-order valence-electron chi connectivity index (χ3n) is 8.57. The van der Waals surface area contributed by atoms with Crippen molar-refractivity contribution < 1.29 is 19.5 Å². The van der Waals surface area contributed by atoms with E-state index in [1.807, 2.05) is 93.0 Å². The first-order valence-corrected chi connectivity index (χ1v) is 14.5. The second-order valence-corrected chi connectivity index (χ2v) is 13.9. The second kappa shape index (κ2) is 9.56. The molecule has 1 spiro atoms. The fourth-order valence-corrected chi connectivity index (χ4v) is 9.10. The molecule has 1 aromatic rings. The van der Waals surface area contributed by atoms with Crippen molar-refractivity contribution in [2.75, 3.05) is 26.2 Å². The lowest BCUT2D eigenvalue weighted by Crippen LogP contribution is -2.58. The number of fused-ring (bicyclic) bond motifs is 2. The van der Waals surface area contributed by atoms with Gasteiger partial charge < -0.3 is 19.8 Å². The van der Waals surface area contributed by atoms with E-state index < -0.39 is 39.0 Å². The molecule has 6 atom stereocenters. The van der Waals surface area contributed by atoms with Crippen molar-refractivity contribution in [1.82, 2.24) is 14.7 Å². The van der Waals surface area contributed by atoms with E-state index in [0.29, 0.717) is 19.6 Å². The topological polar surface area (TPSA) is 81.2 Å². The number of carbonyl (C=O) groups excluding carboxylic acids is 3. The molecule has 0 bridgehead atoms. The van der Waals surface area contributed by atoms with Crippen LogP contribution < -0.4 is 0 Å². The van der Waals surface area contributed by atoms with Gasteiger partial charge in [-0.25, -0.2) is 0 Å². The van der Waals surface area contributed by atoms with Crippen LogP contribution in [0.25, 0.3) is 0 Å². The standard InChI is InChI=1S/C30H39N3O4S/c1-6-16-31-17-10-14-29(5)22(25(31)35)23-26(36)33(21(19-34)20-12-8-7-9-13-20)24-27(37)32(28(2,3)4)18-11-15-30(23,24)38-29/h7-15,21-24,34H,6,16-19H2,1-5H3/t21-,22+,23+,24?,29-,30+/m1/s1. The zero-order chi connectivity index (χ0) is 27.5. The van der Waals surface area contributed by atoms with Crippen molar-refractivity contribution in [3.63, 3.8) is 0 Å². The molecule has 1 N–H and O–H groups in total. The van der Waals surface area contributed by atoms with E-state index in [4.69, 9.17) is 0 Å². The molecule has 4 aliphatic heterocycles. The third kappa shape index (κ3) is 3.94. The highest BCUT2D eigenvalue weighted by molar-refractivity contribution is 8.02. The zero-order valence-corrected chi connectivity index (χ0v) is 23.8. The number of thioether (sulfide) groups is 1. The molecule has 5 rings (SSSR count). The predicted molar refractivity (Wildman–Crippen MR) is 149 cm³/mol. The average molecular weight is 538 g/mol. The van der Waals surface area contributed by atoms with Crippen LogP contribution in [-0.4, -0.2) is 84.8 Å². The number of hydrogen-bond donors (Lipinski definition) is 1. The van der Waals surface area contributed by atoms with Crippen molar-refractivity contribution >= 4 is 29.5 Å². The molecule has 3 amide bonds. The summed E-state index contributed by atoms with van der Waals surface area (Å²) >= 11 is 1.58. The Morgan fingerprint density at radius 3 is 2.32 bits per heavy atom. The van der Waals surface area contributed by atoms with Crippen molar-refractivity contribution in [3.05, 3.63) is 60.2 Å². The van der Waals surface area contributed by atoms with Crippen LogP contribution in [0, 0.1) is 11.8 Å². The van der Waals surface area contributed by atoms with Gasteiger partial charge in [-0.3, -0.25) is 14.4 Å². The Hall–Kier alpha value is -2.58.